The topological polar surface area (TPSA) is 52.0 Å². The van der Waals surface area contributed by atoms with Crippen LogP contribution in [0.2, 0.25) is 0 Å². The fraction of sp³-hybridized carbons (Fsp3) is 1.00. The van der Waals surface area contributed by atoms with E-state index < -0.39 is 0 Å². The highest BCUT2D eigenvalue weighted by Gasteiger charge is 2.44. The highest BCUT2D eigenvalue weighted by molar-refractivity contribution is 5.01. The van der Waals surface area contributed by atoms with E-state index in [1.807, 2.05) is 0 Å². The summed E-state index contributed by atoms with van der Waals surface area (Å²) in [5.74, 6) is 1.43. The van der Waals surface area contributed by atoms with Gasteiger partial charge in [0.05, 0.1) is 0 Å². The first-order valence-electron chi connectivity index (χ1n) is 3.80. The van der Waals surface area contributed by atoms with Gasteiger partial charge in [-0.2, -0.15) is 0 Å². The molecule has 0 saturated heterocycles. The summed E-state index contributed by atoms with van der Waals surface area (Å²) in [6, 6.07) is 0.874. The molecule has 0 aromatic carbocycles. The quantitative estimate of drug-likeness (QED) is 0.482. The second-order valence-corrected chi connectivity index (χ2v) is 3.48. The monoisotopic (exact) mass is 126 g/mol. The van der Waals surface area contributed by atoms with E-state index in [-0.39, 0.29) is 0 Å². The van der Waals surface area contributed by atoms with Crippen molar-refractivity contribution in [1.82, 2.24) is 0 Å². The largest absolute Gasteiger partial charge is 0.327 e. The van der Waals surface area contributed by atoms with E-state index in [9.17, 15) is 0 Å². The van der Waals surface area contributed by atoms with Gasteiger partial charge in [-0.15, -0.1) is 0 Å². The Kier molecular flexibility index (Phi) is 1.08. The van der Waals surface area contributed by atoms with Crippen LogP contribution < -0.4 is 11.5 Å². The summed E-state index contributed by atoms with van der Waals surface area (Å²) < 4.78 is 0. The molecule has 4 atom stereocenters. The van der Waals surface area contributed by atoms with Gasteiger partial charge in [0.2, 0.25) is 0 Å². The molecule has 2 fully saturated rings. The van der Waals surface area contributed by atoms with Crippen molar-refractivity contribution in [2.45, 2.75) is 31.3 Å². The van der Waals surface area contributed by atoms with Gasteiger partial charge in [0, 0.05) is 12.1 Å². The Morgan fingerprint density at radius 3 is 2.11 bits per heavy atom. The normalized spacial score (nSPS) is 56.7. The summed E-state index contributed by atoms with van der Waals surface area (Å²) in [5.41, 5.74) is 11.7. The van der Waals surface area contributed by atoms with E-state index in [0.29, 0.717) is 18.0 Å². The lowest BCUT2D eigenvalue weighted by atomic mass is 9.96. The van der Waals surface area contributed by atoms with Crippen LogP contribution in [0.15, 0.2) is 0 Å². The predicted molar refractivity (Wildman–Crippen MR) is 36.8 cm³/mol. The second kappa shape index (κ2) is 1.70. The van der Waals surface area contributed by atoms with E-state index in [1.165, 1.54) is 19.3 Å². The summed E-state index contributed by atoms with van der Waals surface area (Å²) >= 11 is 0. The zero-order valence-corrected chi connectivity index (χ0v) is 5.59. The summed E-state index contributed by atoms with van der Waals surface area (Å²) in [6.07, 6.45) is 3.80. The molecular weight excluding hydrogens is 112 g/mol. The van der Waals surface area contributed by atoms with E-state index in [0.717, 1.165) is 5.92 Å². The van der Waals surface area contributed by atoms with Crippen LogP contribution in [-0.2, 0) is 0 Å². The number of rotatable bonds is 0. The van der Waals surface area contributed by atoms with Gasteiger partial charge in [-0.25, -0.2) is 0 Å². The Balaban J connectivity index is 2.16. The fourth-order valence-electron chi connectivity index (χ4n) is 2.44. The first-order valence-corrected chi connectivity index (χ1v) is 3.80. The Morgan fingerprint density at radius 1 is 1.11 bits per heavy atom. The van der Waals surface area contributed by atoms with Crippen molar-refractivity contribution in [3.63, 3.8) is 0 Å². The summed E-state index contributed by atoms with van der Waals surface area (Å²) in [7, 11) is 0. The Bertz CT molecular complexity index is 124. The first kappa shape index (κ1) is 5.69. The van der Waals surface area contributed by atoms with Crippen molar-refractivity contribution in [3.05, 3.63) is 0 Å². The minimum atomic E-state index is 0.429. The molecule has 2 bridgehead atoms. The third-order valence-electron chi connectivity index (χ3n) is 3.03. The molecule has 9 heavy (non-hydrogen) atoms. The highest BCUT2D eigenvalue weighted by atomic mass is 14.8. The van der Waals surface area contributed by atoms with Gasteiger partial charge in [-0.1, -0.05) is 0 Å². The van der Waals surface area contributed by atoms with Crippen LogP contribution >= 0.6 is 0 Å². The molecule has 0 heterocycles. The smallest absolute Gasteiger partial charge is 0.0111 e. The lowest BCUT2D eigenvalue weighted by Gasteiger charge is -2.15. The number of nitrogens with two attached hydrogens (primary N) is 2. The molecule has 2 nitrogen and oxygen atoms in total. The van der Waals surface area contributed by atoms with Gasteiger partial charge >= 0.3 is 0 Å². The van der Waals surface area contributed by atoms with E-state index >= 15 is 0 Å². The van der Waals surface area contributed by atoms with Crippen LogP contribution in [0.5, 0.6) is 0 Å². The van der Waals surface area contributed by atoms with Crippen LogP contribution in [0.4, 0.5) is 0 Å². The molecule has 0 aromatic rings. The lowest BCUT2D eigenvalue weighted by Crippen LogP contribution is -2.32. The Labute approximate surface area is 55.6 Å². The predicted octanol–water partition coefficient (Wildman–Crippen LogP) is 0.0709. The molecule has 52 valence electrons. The van der Waals surface area contributed by atoms with Crippen molar-refractivity contribution in [3.8, 4) is 0 Å². The minimum absolute atomic E-state index is 0.429. The van der Waals surface area contributed by atoms with Crippen LogP contribution in [0.25, 0.3) is 0 Å². The lowest BCUT2D eigenvalue weighted by molar-refractivity contribution is 0.416. The van der Waals surface area contributed by atoms with Crippen molar-refractivity contribution >= 4 is 0 Å². The van der Waals surface area contributed by atoms with Crippen molar-refractivity contribution in [1.29, 1.82) is 0 Å². The van der Waals surface area contributed by atoms with Crippen LogP contribution in [0, 0.1) is 11.8 Å². The van der Waals surface area contributed by atoms with Gasteiger partial charge in [-0.05, 0) is 31.1 Å². The SMILES string of the molecule is N[C@H]1[C@@H]2CC[C@@H]1[C@H](N)C2. The fourth-order valence-corrected chi connectivity index (χ4v) is 2.44. The molecule has 0 unspecified atom stereocenters. The number of hydrogen-bond acceptors (Lipinski definition) is 2. The summed E-state index contributed by atoms with van der Waals surface area (Å²) in [6.45, 7) is 0. The maximum atomic E-state index is 5.89. The maximum Gasteiger partial charge on any atom is 0.0111 e. The summed E-state index contributed by atoms with van der Waals surface area (Å²) in [4.78, 5) is 0. The van der Waals surface area contributed by atoms with Crippen molar-refractivity contribution < 1.29 is 0 Å². The highest BCUT2D eigenvalue weighted by Crippen LogP contribution is 2.42. The first-order chi connectivity index (χ1) is 4.29. The maximum absolute atomic E-state index is 5.89. The van der Waals surface area contributed by atoms with Gasteiger partial charge in [0.1, 0.15) is 0 Å². The molecule has 2 aliphatic rings. The van der Waals surface area contributed by atoms with E-state index in [4.69, 9.17) is 11.5 Å². The molecule has 4 N–H and O–H groups in total. The molecule has 2 rings (SSSR count). The van der Waals surface area contributed by atoms with Crippen LogP contribution in [-0.4, -0.2) is 12.1 Å². The van der Waals surface area contributed by atoms with Gasteiger partial charge < -0.3 is 11.5 Å². The molecular formula is C7H14N2. The molecule has 0 spiro atoms. The van der Waals surface area contributed by atoms with E-state index in [2.05, 4.69) is 0 Å². The minimum Gasteiger partial charge on any atom is -0.327 e. The third-order valence-corrected chi connectivity index (χ3v) is 3.03. The third kappa shape index (κ3) is 0.634. The van der Waals surface area contributed by atoms with Crippen molar-refractivity contribution in [2.75, 3.05) is 0 Å². The molecule has 0 radical (unpaired) electrons. The van der Waals surface area contributed by atoms with Gasteiger partial charge in [0.15, 0.2) is 0 Å². The Hall–Kier alpha value is -0.0800. The van der Waals surface area contributed by atoms with Crippen LogP contribution in [0.3, 0.4) is 0 Å². The second-order valence-electron chi connectivity index (χ2n) is 3.48. The zero-order valence-electron chi connectivity index (χ0n) is 5.59. The molecule has 0 aromatic heterocycles. The Morgan fingerprint density at radius 2 is 1.89 bits per heavy atom. The average molecular weight is 126 g/mol. The van der Waals surface area contributed by atoms with Crippen molar-refractivity contribution in [2.24, 2.45) is 23.3 Å². The number of hydrogen-bond donors (Lipinski definition) is 2. The standard InChI is InChI=1S/C7H14N2/c8-6-3-4-1-2-5(6)7(4)9/h4-7H,1-3,8-9H2/t4-,5-,6-,7+/m1/s1. The van der Waals surface area contributed by atoms with Crippen LogP contribution in [0.1, 0.15) is 19.3 Å². The zero-order chi connectivity index (χ0) is 6.43. The molecule has 2 aliphatic carbocycles. The summed E-state index contributed by atoms with van der Waals surface area (Å²) in [5, 5.41) is 0. The van der Waals surface area contributed by atoms with E-state index in [1.54, 1.807) is 0 Å². The molecule has 2 saturated carbocycles. The van der Waals surface area contributed by atoms with Gasteiger partial charge in [-0.3, -0.25) is 0 Å². The molecule has 2 heteroatoms. The van der Waals surface area contributed by atoms with Gasteiger partial charge in [0.25, 0.3) is 0 Å². The molecule has 0 aliphatic heterocycles. The number of fused-ring (bicyclic) bond motifs is 2. The molecule has 0 amide bonds. The average Bonchev–Trinajstić information content (AvgIpc) is 2.25.